The number of aliphatic hydroxyl groups is 1. The number of hydrogen-bond acceptors (Lipinski definition) is 3. The second kappa shape index (κ2) is 7.65. The lowest BCUT2D eigenvalue weighted by Gasteiger charge is -2.37. The fourth-order valence-corrected chi connectivity index (χ4v) is 3.21. The summed E-state index contributed by atoms with van der Waals surface area (Å²) in [6.45, 7) is 0.894. The molecule has 2 rings (SSSR count). The van der Waals surface area contributed by atoms with E-state index in [0.717, 1.165) is 32.2 Å². The Labute approximate surface area is 119 Å². The Morgan fingerprint density at radius 2 is 2.26 bits per heavy atom. The van der Waals surface area contributed by atoms with Gasteiger partial charge in [0, 0.05) is 30.5 Å². The van der Waals surface area contributed by atoms with Crippen LogP contribution in [0.2, 0.25) is 0 Å². The molecule has 1 aliphatic carbocycles. The van der Waals surface area contributed by atoms with Crippen LogP contribution in [-0.4, -0.2) is 35.1 Å². The quantitative estimate of drug-likeness (QED) is 0.796. The average molecular weight is 281 g/mol. The molecule has 19 heavy (non-hydrogen) atoms. The first-order valence-corrected chi connectivity index (χ1v) is 8.12. The van der Waals surface area contributed by atoms with Gasteiger partial charge in [0.1, 0.15) is 0 Å². The minimum atomic E-state index is 0.172. The molecular weight excluding hydrogens is 258 g/mol. The summed E-state index contributed by atoms with van der Waals surface area (Å²) in [7, 11) is 0. The summed E-state index contributed by atoms with van der Waals surface area (Å²) >= 11 is 1.76. The van der Waals surface area contributed by atoms with Gasteiger partial charge in [-0.3, -0.25) is 4.79 Å². The normalized spacial score (nSPS) is 15.2. The smallest absolute Gasteiger partial charge is 0.222 e. The Kier molecular flexibility index (Phi) is 5.86. The van der Waals surface area contributed by atoms with Crippen LogP contribution in [0.3, 0.4) is 0 Å². The second-order valence-corrected chi connectivity index (χ2v) is 6.21. The van der Waals surface area contributed by atoms with Crippen molar-refractivity contribution in [3.05, 3.63) is 22.4 Å². The standard InChI is InChI=1S/C15H23NO2S/c17-11-4-10-16(13-5-1-6-13)15(18)9-2-7-14-8-3-12-19-14/h3,8,12-13,17H,1-2,4-7,9-11H2. The van der Waals surface area contributed by atoms with E-state index in [4.69, 9.17) is 5.11 Å². The molecule has 1 N–H and O–H groups in total. The number of aryl methyl sites for hydroxylation is 1. The van der Waals surface area contributed by atoms with Crippen LogP contribution >= 0.6 is 11.3 Å². The van der Waals surface area contributed by atoms with Crippen LogP contribution in [0.5, 0.6) is 0 Å². The van der Waals surface area contributed by atoms with E-state index in [1.165, 1.54) is 11.3 Å². The van der Waals surface area contributed by atoms with Gasteiger partial charge in [-0.1, -0.05) is 6.07 Å². The van der Waals surface area contributed by atoms with Gasteiger partial charge in [-0.15, -0.1) is 11.3 Å². The van der Waals surface area contributed by atoms with Gasteiger partial charge in [0.15, 0.2) is 0 Å². The molecule has 0 saturated heterocycles. The summed E-state index contributed by atoms with van der Waals surface area (Å²) in [5, 5.41) is 11.0. The number of nitrogens with zero attached hydrogens (tertiary/aromatic N) is 1. The zero-order chi connectivity index (χ0) is 13.5. The number of hydrogen-bond donors (Lipinski definition) is 1. The Morgan fingerprint density at radius 1 is 1.42 bits per heavy atom. The molecule has 1 saturated carbocycles. The van der Waals surface area contributed by atoms with Crippen molar-refractivity contribution in [1.29, 1.82) is 0 Å². The number of carbonyl (C=O) groups excluding carboxylic acids is 1. The largest absolute Gasteiger partial charge is 0.396 e. The van der Waals surface area contributed by atoms with E-state index in [-0.39, 0.29) is 12.5 Å². The lowest BCUT2D eigenvalue weighted by molar-refractivity contribution is -0.135. The molecule has 0 aromatic carbocycles. The van der Waals surface area contributed by atoms with Crippen molar-refractivity contribution in [2.45, 2.75) is 51.0 Å². The Bertz CT molecular complexity index is 374. The van der Waals surface area contributed by atoms with Crippen molar-refractivity contribution in [3.63, 3.8) is 0 Å². The van der Waals surface area contributed by atoms with Crippen LogP contribution in [0.1, 0.15) is 43.4 Å². The van der Waals surface area contributed by atoms with Crippen LogP contribution in [0.25, 0.3) is 0 Å². The van der Waals surface area contributed by atoms with Crippen LogP contribution in [-0.2, 0) is 11.2 Å². The first kappa shape index (κ1) is 14.5. The van der Waals surface area contributed by atoms with Crippen molar-refractivity contribution >= 4 is 17.2 Å². The fraction of sp³-hybridized carbons (Fsp3) is 0.667. The molecule has 1 amide bonds. The van der Waals surface area contributed by atoms with Gasteiger partial charge in [0.05, 0.1) is 0 Å². The van der Waals surface area contributed by atoms with E-state index in [2.05, 4.69) is 17.5 Å². The summed E-state index contributed by atoms with van der Waals surface area (Å²) in [4.78, 5) is 15.6. The van der Waals surface area contributed by atoms with Gasteiger partial charge < -0.3 is 10.0 Å². The monoisotopic (exact) mass is 281 g/mol. The molecule has 0 radical (unpaired) electrons. The van der Waals surface area contributed by atoms with Crippen molar-refractivity contribution in [2.24, 2.45) is 0 Å². The first-order valence-electron chi connectivity index (χ1n) is 7.24. The molecule has 0 unspecified atom stereocenters. The minimum absolute atomic E-state index is 0.172. The van der Waals surface area contributed by atoms with Crippen molar-refractivity contribution in [2.75, 3.05) is 13.2 Å². The van der Waals surface area contributed by atoms with Gasteiger partial charge in [0.2, 0.25) is 5.91 Å². The Balaban J connectivity index is 1.74. The van der Waals surface area contributed by atoms with Crippen LogP contribution in [0, 0.1) is 0 Å². The Hall–Kier alpha value is -0.870. The molecular formula is C15H23NO2S. The summed E-state index contributed by atoms with van der Waals surface area (Å²) in [6, 6.07) is 4.63. The third-order valence-corrected chi connectivity index (χ3v) is 4.72. The van der Waals surface area contributed by atoms with Gasteiger partial charge in [0.25, 0.3) is 0 Å². The van der Waals surface area contributed by atoms with Gasteiger partial charge in [-0.2, -0.15) is 0 Å². The summed E-state index contributed by atoms with van der Waals surface area (Å²) in [5.74, 6) is 0.273. The molecule has 1 heterocycles. The average Bonchev–Trinajstić information content (AvgIpc) is 2.84. The predicted octanol–water partition coefficient (Wildman–Crippen LogP) is 2.83. The molecule has 3 nitrogen and oxygen atoms in total. The predicted molar refractivity (Wildman–Crippen MR) is 78.3 cm³/mol. The van der Waals surface area contributed by atoms with Crippen LogP contribution in [0.15, 0.2) is 17.5 Å². The third-order valence-electron chi connectivity index (χ3n) is 3.79. The van der Waals surface area contributed by atoms with Crippen molar-refractivity contribution in [3.8, 4) is 0 Å². The maximum atomic E-state index is 12.3. The maximum Gasteiger partial charge on any atom is 0.222 e. The molecule has 1 aromatic heterocycles. The number of thiophene rings is 1. The van der Waals surface area contributed by atoms with Crippen molar-refractivity contribution < 1.29 is 9.90 Å². The van der Waals surface area contributed by atoms with Gasteiger partial charge in [-0.25, -0.2) is 0 Å². The lowest BCUT2D eigenvalue weighted by Crippen LogP contribution is -2.44. The number of rotatable bonds is 8. The fourth-order valence-electron chi connectivity index (χ4n) is 2.46. The van der Waals surface area contributed by atoms with Gasteiger partial charge >= 0.3 is 0 Å². The topological polar surface area (TPSA) is 40.5 Å². The van der Waals surface area contributed by atoms with Gasteiger partial charge in [-0.05, 0) is 50.0 Å². The number of aliphatic hydroxyl groups excluding tert-OH is 1. The second-order valence-electron chi connectivity index (χ2n) is 5.18. The number of carbonyl (C=O) groups is 1. The molecule has 1 aromatic rings. The highest BCUT2D eigenvalue weighted by atomic mass is 32.1. The summed E-state index contributed by atoms with van der Waals surface area (Å²) in [5.41, 5.74) is 0. The molecule has 1 fully saturated rings. The summed E-state index contributed by atoms with van der Waals surface area (Å²) < 4.78 is 0. The molecule has 106 valence electrons. The maximum absolute atomic E-state index is 12.3. The molecule has 0 atom stereocenters. The first-order chi connectivity index (χ1) is 9.31. The zero-order valence-corrected chi connectivity index (χ0v) is 12.2. The zero-order valence-electron chi connectivity index (χ0n) is 11.4. The molecule has 0 spiro atoms. The number of amides is 1. The van der Waals surface area contributed by atoms with E-state index >= 15 is 0 Å². The van der Waals surface area contributed by atoms with E-state index < -0.39 is 0 Å². The van der Waals surface area contributed by atoms with Crippen LogP contribution in [0.4, 0.5) is 0 Å². The lowest BCUT2D eigenvalue weighted by atomic mass is 9.91. The highest BCUT2D eigenvalue weighted by Crippen LogP contribution is 2.26. The van der Waals surface area contributed by atoms with Crippen molar-refractivity contribution in [1.82, 2.24) is 4.90 Å². The third kappa shape index (κ3) is 4.32. The molecule has 1 aliphatic rings. The molecule has 4 heteroatoms. The molecule has 0 bridgehead atoms. The summed E-state index contributed by atoms with van der Waals surface area (Å²) in [6.07, 6.45) is 6.80. The van der Waals surface area contributed by atoms with E-state index in [1.54, 1.807) is 11.3 Å². The Morgan fingerprint density at radius 3 is 2.84 bits per heavy atom. The van der Waals surface area contributed by atoms with Crippen LogP contribution < -0.4 is 0 Å². The highest BCUT2D eigenvalue weighted by Gasteiger charge is 2.27. The van der Waals surface area contributed by atoms with E-state index in [1.807, 2.05) is 4.90 Å². The SMILES string of the molecule is O=C(CCCc1cccs1)N(CCCO)C1CCC1. The minimum Gasteiger partial charge on any atom is -0.396 e. The van der Waals surface area contributed by atoms with E-state index in [0.29, 0.717) is 18.9 Å². The highest BCUT2D eigenvalue weighted by molar-refractivity contribution is 7.09. The molecule has 0 aliphatic heterocycles. The van der Waals surface area contributed by atoms with E-state index in [9.17, 15) is 4.79 Å².